The molecule has 0 atom stereocenters. The van der Waals surface area contributed by atoms with Crippen LogP contribution in [0.15, 0.2) is 36.5 Å². The van der Waals surface area contributed by atoms with Crippen LogP contribution in [0.4, 0.5) is 20.2 Å². The fourth-order valence-electron chi connectivity index (χ4n) is 2.81. The molecule has 0 bridgehead atoms. The van der Waals surface area contributed by atoms with Crippen molar-refractivity contribution in [1.29, 1.82) is 0 Å². The maximum absolute atomic E-state index is 13.6. The molecule has 0 spiro atoms. The molecule has 1 amide bonds. The number of amides is 1. The predicted molar refractivity (Wildman–Crippen MR) is 89.2 cm³/mol. The number of benzene rings is 1. The molecule has 1 aromatic carbocycles. The zero-order chi connectivity index (χ0) is 16.9. The van der Waals surface area contributed by atoms with Crippen LogP contribution in [0, 0.1) is 11.6 Å². The number of nitrogens with zero attached hydrogens (tertiary/aromatic N) is 2. The van der Waals surface area contributed by atoms with Crippen molar-refractivity contribution in [3.05, 3.63) is 53.9 Å². The van der Waals surface area contributed by atoms with Crippen molar-refractivity contribution in [3.63, 3.8) is 0 Å². The van der Waals surface area contributed by atoms with Crippen LogP contribution in [0.5, 0.6) is 0 Å². The molecule has 1 aliphatic rings. The van der Waals surface area contributed by atoms with E-state index in [9.17, 15) is 13.6 Å². The van der Waals surface area contributed by atoms with Gasteiger partial charge in [-0.1, -0.05) is 12.8 Å². The zero-order valence-corrected chi connectivity index (χ0v) is 13.3. The number of anilines is 2. The lowest BCUT2D eigenvalue weighted by atomic mass is 10.2. The van der Waals surface area contributed by atoms with E-state index in [0.29, 0.717) is 0 Å². The minimum atomic E-state index is -0.815. The standard InChI is InChI=1S/C18H19F2N3O/c19-13-5-7-16(15(20)11-13)22-18(24)17-8-6-14(12-21-17)23-9-3-1-2-4-10-23/h5-8,11-12H,1-4,9-10H2,(H,22,24). The first-order chi connectivity index (χ1) is 11.6. The summed E-state index contributed by atoms with van der Waals surface area (Å²) in [5.74, 6) is -2.03. The van der Waals surface area contributed by atoms with Crippen LogP contribution in [-0.4, -0.2) is 24.0 Å². The van der Waals surface area contributed by atoms with Crippen LogP contribution in [0.3, 0.4) is 0 Å². The number of carbonyl (C=O) groups excluding carboxylic acids is 1. The Hall–Kier alpha value is -2.50. The molecule has 1 saturated heterocycles. The fraction of sp³-hybridized carbons (Fsp3) is 0.333. The quantitative estimate of drug-likeness (QED) is 0.925. The van der Waals surface area contributed by atoms with Gasteiger partial charge in [0.15, 0.2) is 0 Å². The lowest BCUT2D eigenvalue weighted by Crippen LogP contribution is -2.24. The highest BCUT2D eigenvalue weighted by atomic mass is 19.1. The van der Waals surface area contributed by atoms with Gasteiger partial charge in [0, 0.05) is 19.2 Å². The van der Waals surface area contributed by atoms with Crippen LogP contribution in [0.2, 0.25) is 0 Å². The Labute approximate surface area is 139 Å². The highest BCUT2D eigenvalue weighted by Gasteiger charge is 2.14. The molecule has 1 aromatic heterocycles. The van der Waals surface area contributed by atoms with Crippen LogP contribution in [-0.2, 0) is 0 Å². The van der Waals surface area contributed by atoms with Gasteiger partial charge in [0.25, 0.3) is 5.91 Å². The van der Waals surface area contributed by atoms with Gasteiger partial charge in [-0.3, -0.25) is 4.79 Å². The average molecular weight is 331 g/mol. The molecule has 0 unspecified atom stereocenters. The van der Waals surface area contributed by atoms with Gasteiger partial charge in [-0.05, 0) is 37.1 Å². The summed E-state index contributed by atoms with van der Waals surface area (Å²) in [5.41, 5.74) is 1.11. The Balaban J connectivity index is 1.69. The van der Waals surface area contributed by atoms with Crippen LogP contribution in [0.25, 0.3) is 0 Å². The molecule has 1 aliphatic heterocycles. The van der Waals surface area contributed by atoms with Gasteiger partial charge in [-0.2, -0.15) is 0 Å². The SMILES string of the molecule is O=C(Nc1ccc(F)cc1F)c1ccc(N2CCCCCC2)cn1. The van der Waals surface area contributed by atoms with Crippen molar-refractivity contribution >= 4 is 17.3 Å². The second-order valence-electron chi connectivity index (χ2n) is 5.88. The predicted octanol–water partition coefficient (Wildman–Crippen LogP) is 3.99. The van der Waals surface area contributed by atoms with E-state index in [2.05, 4.69) is 15.2 Å². The molecular formula is C18H19F2N3O. The van der Waals surface area contributed by atoms with Crippen molar-refractivity contribution in [2.45, 2.75) is 25.7 Å². The maximum Gasteiger partial charge on any atom is 0.274 e. The third kappa shape index (κ3) is 3.88. The van der Waals surface area contributed by atoms with E-state index >= 15 is 0 Å². The van der Waals surface area contributed by atoms with Crippen molar-refractivity contribution < 1.29 is 13.6 Å². The fourth-order valence-corrected chi connectivity index (χ4v) is 2.81. The number of pyridine rings is 1. The normalized spacial score (nSPS) is 15.0. The van der Waals surface area contributed by atoms with E-state index in [1.54, 1.807) is 12.3 Å². The van der Waals surface area contributed by atoms with Crippen molar-refractivity contribution in [2.24, 2.45) is 0 Å². The largest absolute Gasteiger partial charge is 0.370 e. The molecule has 2 heterocycles. The lowest BCUT2D eigenvalue weighted by Gasteiger charge is -2.22. The number of carbonyl (C=O) groups is 1. The second-order valence-corrected chi connectivity index (χ2v) is 5.88. The lowest BCUT2D eigenvalue weighted by molar-refractivity contribution is 0.102. The smallest absolute Gasteiger partial charge is 0.274 e. The second kappa shape index (κ2) is 7.38. The Bertz CT molecular complexity index is 711. The molecule has 1 N–H and O–H groups in total. The van der Waals surface area contributed by atoms with E-state index in [-0.39, 0.29) is 11.4 Å². The molecule has 126 valence electrons. The van der Waals surface area contributed by atoms with E-state index in [4.69, 9.17) is 0 Å². The third-order valence-electron chi connectivity index (χ3n) is 4.13. The van der Waals surface area contributed by atoms with Gasteiger partial charge in [0.1, 0.15) is 17.3 Å². The molecule has 1 fully saturated rings. The summed E-state index contributed by atoms with van der Waals surface area (Å²) in [6.45, 7) is 1.99. The summed E-state index contributed by atoms with van der Waals surface area (Å²) < 4.78 is 26.5. The molecule has 4 nitrogen and oxygen atoms in total. The molecule has 0 aliphatic carbocycles. The van der Waals surface area contributed by atoms with E-state index in [1.807, 2.05) is 6.07 Å². The zero-order valence-electron chi connectivity index (χ0n) is 13.3. The molecular weight excluding hydrogens is 312 g/mol. The number of nitrogens with one attached hydrogen (secondary N) is 1. The van der Waals surface area contributed by atoms with E-state index in [1.165, 1.54) is 18.9 Å². The molecule has 6 heteroatoms. The van der Waals surface area contributed by atoms with Crippen LogP contribution >= 0.6 is 0 Å². The monoisotopic (exact) mass is 331 g/mol. The highest BCUT2D eigenvalue weighted by Crippen LogP contribution is 2.20. The maximum atomic E-state index is 13.6. The first-order valence-electron chi connectivity index (χ1n) is 8.11. The van der Waals surface area contributed by atoms with Gasteiger partial charge in [-0.15, -0.1) is 0 Å². The Morgan fingerprint density at radius 3 is 2.42 bits per heavy atom. The van der Waals surface area contributed by atoms with Crippen molar-refractivity contribution in [3.8, 4) is 0 Å². The minimum absolute atomic E-state index is 0.0696. The van der Waals surface area contributed by atoms with Gasteiger partial charge in [-0.25, -0.2) is 13.8 Å². The summed E-state index contributed by atoms with van der Waals surface area (Å²) in [6.07, 6.45) is 6.47. The van der Waals surface area contributed by atoms with Gasteiger partial charge < -0.3 is 10.2 Å². The number of hydrogen-bond donors (Lipinski definition) is 1. The molecule has 2 aromatic rings. The Morgan fingerprint density at radius 2 is 1.79 bits per heavy atom. The topological polar surface area (TPSA) is 45.2 Å². The van der Waals surface area contributed by atoms with Gasteiger partial charge in [0.05, 0.1) is 17.6 Å². The molecule has 24 heavy (non-hydrogen) atoms. The number of hydrogen-bond acceptors (Lipinski definition) is 3. The van der Waals surface area contributed by atoms with Gasteiger partial charge in [0.2, 0.25) is 0 Å². The average Bonchev–Trinajstić information content (AvgIpc) is 2.87. The molecule has 0 radical (unpaired) electrons. The number of halogens is 2. The van der Waals surface area contributed by atoms with Crippen molar-refractivity contribution in [1.82, 2.24) is 4.98 Å². The number of aromatic nitrogens is 1. The summed E-state index contributed by atoms with van der Waals surface area (Å²) in [6, 6.07) is 6.49. The molecule has 3 rings (SSSR count). The third-order valence-corrected chi connectivity index (χ3v) is 4.13. The highest BCUT2D eigenvalue weighted by molar-refractivity contribution is 6.03. The molecule has 0 saturated carbocycles. The van der Waals surface area contributed by atoms with E-state index in [0.717, 1.165) is 43.8 Å². The van der Waals surface area contributed by atoms with Gasteiger partial charge >= 0.3 is 0 Å². The first-order valence-corrected chi connectivity index (χ1v) is 8.11. The Kier molecular flexibility index (Phi) is 5.03. The van der Waals surface area contributed by atoms with Crippen LogP contribution < -0.4 is 10.2 Å². The first kappa shape index (κ1) is 16.4. The van der Waals surface area contributed by atoms with Crippen LogP contribution in [0.1, 0.15) is 36.2 Å². The summed E-state index contributed by atoms with van der Waals surface area (Å²) in [4.78, 5) is 18.6. The van der Waals surface area contributed by atoms with Crippen molar-refractivity contribution in [2.75, 3.05) is 23.3 Å². The Morgan fingerprint density at radius 1 is 1.04 bits per heavy atom. The van der Waals surface area contributed by atoms with E-state index < -0.39 is 17.5 Å². The summed E-state index contributed by atoms with van der Waals surface area (Å²) >= 11 is 0. The summed E-state index contributed by atoms with van der Waals surface area (Å²) in [7, 11) is 0. The summed E-state index contributed by atoms with van der Waals surface area (Å²) in [5, 5.41) is 2.41. The minimum Gasteiger partial charge on any atom is -0.370 e. The number of rotatable bonds is 3.